The molecule has 0 fully saturated rings. The van der Waals surface area contributed by atoms with E-state index in [1.165, 1.54) is 11.3 Å². The summed E-state index contributed by atoms with van der Waals surface area (Å²) in [6.07, 6.45) is 0. The van der Waals surface area contributed by atoms with Gasteiger partial charge in [-0.05, 0) is 33.2 Å². The Bertz CT molecular complexity index is 391. The number of aliphatic hydroxyl groups is 1. The van der Waals surface area contributed by atoms with Crippen molar-refractivity contribution in [2.75, 3.05) is 27.2 Å². The summed E-state index contributed by atoms with van der Waals surface area (Å²) in [5, 5.41) is 12.7. The summed E-state index contributed by atoms with van der Waals surface area (Å²) >= 11 is 6.97. The number of halogens is 1. The van der Waals surface area contributed by atoms with Gasteiger partial charge in [-0.1, -0.05) is 11.6 Å². The summed E-state index contributed by atoms with van der Waals surface area (Å²) in [4.78, 5) is 14.1. The van der Waals surface area contributed by atoms with Crippen molar-refractivity contribution in [1.29, 1.82) is 0 Å². The lowest BCUT2D eigenvalue weighted by Gasteiger charge is -2.26. The largest absolute Gasteiger partial charge is 0.387 e. The molecule has 6 heteroatoms. The first-order valence-electron chi connectivity index (χ1n) is 5.21. The highest BCUT2D eigenvalue weighted by atomic mass is 35.5. The Morgan fingerprint density at radius 2 is 2.24 bits per heavy atom. The second-order valence-corrected chi connectivity index (χ2v) is 6.24. The molecule has 1 rings (SSSR count). The Labute approximate surface area is 110 Å². The second-order valence-electron chi connectivity index (χ2n) is 4.52. The molecule has 0 radical (unpaired) electrons. The molecule has 1 heterocycles. The fraction of sp³-hybridized carbons (Fsp3) is 0.545. The summed E-state index contributed by atoms with van der Waals surface area (Å²) < 4.78 is 0.579. The van der Waals surface area contributed by atoms with Crippen LogP contribution in [-0.4, -0.2) is 48.7 Å². The third kappa shape index (κ3) is 5.04. The lowest BCUT2D eigenvalue weighted by molar-refractivity contribution is 0.0326. The van der Waals surface area contributed by atoms with Crippen LogP contribution in [0.4, 0.5) is 0 Å². The Kier molecular flexibility index (Phi) is 4.94. The van der Waals surface area contributed by atoms with E-state index in [9.17, 15) is 9.90 Å². The number of hydrogen-bond donors (Lipinski definition) is 2. The van der Waals surface area contributed by atoms with E-state index in [0.29, 0.717) is 15.8 Å². The SMILES string of the molecule is CN(C)CC(C)(O)CNC(=O)c1ccc(Cl)s1. The fourth-order valence-corrected chi connectivity index (χ4v) is 2.49. The van der Waals surface area contributed by atoms with Gasteiger partial charge in [-0.25, -0.2) is 0 Å². The molecule has 1 atom stereocenters. The second kappa shape index (κ2) is 5.82. The van der Waals surface area contributed by atoms with Crippen LogP contribution >= 0.6 is 22.9 Å². The van der Waals surface area contributed by atoms with Gasteiger partial charge in [0.15, 0.2) is 0 Å². The van der Waals surface area contributed by atoms with Crippen molar-refractivity contribution in [2.24, 2.45) is 0 Å². The van der Waals surface area contributed by atoms with E-state index in [1.807, 2.05) is 19.0 Å². The molecule has 0 bridgehead atoms. The summed E-state index contributed by atoms with van der Waals surface area (Å²) in [6.45, 7) is 2.38. The first-order valence-corrected chi connectivity index (χ1v) is 6.40. The summed E-state index contributed by atoms with van der Waals surface area (Å²) in [5.74, 6) is -0.207. The normalized spacial score (nSPS) is 14.7. The number of hydrogen-bond acceptors (Lipinski definition) is 4. The number of likely N-dealkylation sites (N-methyl/N-ethyl adjacent to an activating group) is 1. The molecular formula is C11H17ClN2O2S. The topological polar surface area (TPSA) is 52.6 Å². The Morgan fingerprint density at radius 3 is 2.71 bits per heavy atom. The van der Waals surface area contributed by atoms with Crippen LogP contribution in [0.1, 0.15) is 16.6 Å². The molecule has 17 heavy (non-hydrogen) atoms. The number of thiophene rings is 1. The van der Waals surface area contributed by atoms with Gasteiger partial charge in [0, 0.05) is 13.1 Å². The van der Waals surface area contributed by atoms with Gasteiger partial charge in [0.1, 0.15) is 0 Å². The molecule has 4 nitrogen and oxygen atoms in total. The van der Waals surface area contributed by atoms with Gasteiger partial charge in [0.25, 0.3) is 5.91 Å². The zero-order chi connectivity index (χ0) is 13.1. The van der Waals surface area contributed by atoms with Gasteiger partial charge in [-0.15, -0.1) is 11.3 Å². The number of nitrogens with one attached hydrogen (secondary N) is 1. The van der Waals surface area contributed by atoms with Crippen molar-refractivity contribution in [2.45, 2.75) is 12.5 Å². The number of amides is 1. The predicted octanol–water partition coefficient (Wildman–Crippen LogP) is 1.44. The van der Waals surface area contributed by atoms with Crippen LogP contribution in [0.25, 0.3) is 0 Å². The molecule has 1 aromatic rings. The third-order valence-corrected chi connectivity index (χ3v) is 3.31. The van der Waals surface area contributed by atoms with E-state index < -0.39 is 5.60 Å². The molecule has 1 unspecified atom stereocenters. The minimum Gasteiger partial charge on any atom is -0.387 e. The molecule has 1 amide bonds. The number of nitrogens with zero attached hydrogens (tertiary/aromatic N) is 1. The van der Waals surface area contributed by atoms with Crippen LogP contribution in [-0.2, 0) is 0 Å². The zero-order valence-corrected chi connectivity index (χ0v) is 11.7. The maximum atomic E-state index is 11.7. The Hall–Kier alpha value is -0.620. The molecule has 0 spiro atoms. The van der Waals surface area contributed by atoms with Crippen LogP contribution in [0.2, 0.25) is 4.34 Å². The average Bonchev–Trinajstić information content (AvgIpc) is 2.59. The first kappa shape index (κ1) is 14.4. The smallest absolute Gasteiger partial charge is 0.261 e. The molecule has 0 saturated carbocycles. The minimum absolute atomic E-state index is 0.207. The van der Waals surface area contributed by atoms with Crippen molar-refractivity contribution in [3.63, 3.8) is 0 Å². The van der Waals surface area contributed by atoms with E-state index >= 15 is 0 Å². The fourth-order valence-electron chi connectivity index (χ4n) is 1.53. The summed E-state index contributed by atoms with van der Waals surface area (Å²) in [5.41, 5.74) is -0.944. The van der Waals surface area contributed by atoms with Crippen LogP contribution in [0.15, 0.2) is 12.1 Å². The van der Waals surface area contributed by atoms with Gasteiger partial charge in [0.05, 0.1) is 14.8 Å². The van der Waals surface area contributed by atoms with Crippen LogP contribution in [0.5, 0.6) is 0 Å². The molecule has 0 saturated heterocycles. The minimum atomic E-state index is -0.944. The Morgan fingerprint density at radius 1 is 1.59 bits per heavy atom. The lowest BCUT2D eigenvalue weighted by atomic mass is 10.1. The van der Waals surface area contributed by atoms with E-state index in [2.05, 4.69) is 5.32 Å². The van der Waals surface area contributed by atoms with Crippen LogP contribution in [0.3, 0.4) is 0 Å². The molecule has 2 N–H and O–H groups in total. The number of carbonyl (C=O) groups excluding carboxylic acids is 1. The maximum Gasteiger partial charge on any atom is 0.261 e. The van der Waals surface area contributed by atoms with Gasteiger partial charge < -0.3 is 15.3 Å². The Balaban J connectivity index is 2.48. The highest BCUT2D eigenvalue weighted by Gasteiger charge is 2.22. The molecule has 0 aliphatic carbocycles. The molecule has 96 valence electrons. The molecular weight excluding hydrogens is 260 g/mol. The predicted molar refractivity (Wildman–Crippen MR) is 70.8 cm³/mol. The van der Waals surface area contributed by atoms with Crippen LogP contribution in [0, 0.1) is 0 Å². The highest BCUT2D eigenvalue weighted by molar-refractivity contribution is 7.17. The molecule has 0 aromatic carbocycles. The molecule has 0 aliphatic heterocycles. The van der Waals surface area contributed by atoms with E-state index in [1.54, 1.807) is 19.1 Å². The van der Waals surface area contributed by atoms with Crippen LogP contribution < -0.4 is 5.32 Å². The number of rotatable bonds is 5. The van der Waals surface area contributed by atoms with Crippen molar-refractivity contribution in [3.8, 4) is 0 Å². The first-order chi connectivity index (χ1) is 7.80. The third-order valence-electron chi connectivity index (χ3n) is 2.08. The number of carbonyl (C=O) groups is 1. The molecule has 1 aromatic heterocycles. The van der Waals surface area contributed by atoms with Crippen molar-refractivity contribution in [1.82, 2.24) is 10.2 Å². The van der Waals surface area contributed by atoms with Crippen molar-refractivity contribution >= 4 is 28.8 Å². The zero-order valence-electron chi connectivity index (χ0n) is 10.2. The van der Waals surface area contributed by atoms with Gasteiger partial charge >= 0.3 is 0 Å². The van der Waals surface area contributed by atoms with E-state index in [0.717, 1.165) is 0 Å². The van der Waals surface area contributed by atoms with Gasteiger partial charge in [-0.2, -0.15) is 0 Å². The average molecular weight is 277 g/mol. The van der Waals surface area contributed by atoms with Crippen molar-refractivity contribution < 1.29 is 9.90 Å². The highest BCUT2D eigenvalue weighted by Crippen LogP contribution is 2.21. The van der Waals surface area contributed by atoms with Gasteiger partial charge in [-0.3, -0.25) is 4.79 Å². The monoisotopic (exact) mass is 276 g/mol. The summed E-state index contributed by atoms with van der Waals surface area (Å²) in [7, 11) is 3.74. The molecule has 0 aliphatic rings. The lowest BCUT2D eigenvalue weighted by Crippen LogP contribution is -2.47. The maximum absolute atomic E-state index is 11.7. The summed E-state index contributed by atoms with van der Waals surface area (Å²) in [6, 6.07) is 3.35. The standard InChI is InChI=1S/C11H17ClN2O2S/c1-11(16,7-14(2)3)6-13-10(15)8-4-5-9(12)17-8/h4-5,16H,6-7H2,1-3H3,(H,13,15). The van der Waals surface area contributed by atoms with Crippen molar-refractivity contribution in [3.05, 3.63) is 21.3 Å². The quantitative estimate of drug-likeness (QED) is 0.856. The van der Waals surface area contributed by atoms with E-state index in [4.69, 9.17) is 11.6 Å². The van der Waals surface area contributed by atoms with E-state index in [-0.39, 0.29) is 12.5 Å². The van der Waals surface area contributed by atoms with Gasteiger partial charge in [0.2, 0.25) is 0 Å².